The molecule has 0 saturated heterocycles. The molecule has 2 N–H and O–H groups in total. The fourth-order valence-corrected chi connectivity index (χ4v) is 2.27. The molecule has 0 fully saturated rings. The number of benzene rings is 1. The lowest BCUT2D eigenvalue weighted by Gasteiger charge is -2.01. The Morgan fingerprint density at radius 2 is 1.79 bits per heavy atom. The largest absolute Gasteiger partial charge is 0.369 e. The third-order valence-electron chi connectivity index (χ3n) is 1.51. The molecule has 0 heterocycles. The van der Waals surface area contributed by atoms with Crippen LogP contribution in [0.25, 0.3) is 0 Å². The molecule has 0 aliphatic carbocycles. The van der Waals surface area contributed by atoms with E-state index in [-0.39, 0.29) is 4.90 Å². The molecule has 0 bridgehead atoms. The number of hydrogen-bond acceptors (Lipinski definition) is 3. The average molecular weight is 278 g/mol. The minimum Gasteiger partial charge on any atom is -0.369 e. The number of sulfone groups is 1. The fraction of sp³-hybridized carbons (Fsp3) is 0.125. The molecule has 1 rings (SSSR count). The van der Waals surface area contributed by atoms with Gasteiger partial charge in [0.2, 0.25) is 5.91 Å². The predicted molar refractivity (Wildman–Crippen MR) is 55.4 cm³/mol. The second-order valence-corrected chi connectivity index (χ2v) is 5.58. The summed E-state index contributed by atoms with van der Waals surface area (Å²) < 4.78 is 23.6. The van der Waals surface area contributed by atoms with Gasteiger partial charge < -0.3 is 5.73 Å². The van der Waals surface area contributed by atoms with Gasteiger partial charge in [-0.25, -0.2) is 8.42 Å². The Balaban J connectivity index is 3.05. The number of carbonyl (C=O) groups is 1. The first kappa shape index (κ1) is 11.2. The molecule has 0 spiro atoms. The van der Waals surface area contributed by atoms with Gasteiger partial charge in [0.05, 0.1) is 4.90 Å². The zero-order valence-electron chi connectivity index (χ0n) is 7.10. The van der Waals surface area contributed by atoms with Gasteiger partial charge in [0, 0.05) is 4.47 Å². The molecule has 0 aliphatic heterocycles. The van der Waals surface area contributed by atoms with Gasteiger partial charge in [-0.05, 0) is 24.3 Å². The van der Waals surface area contributed by atoms with Crippen molar-refractivity contribution in [2.45, 2.75) is 4.90 Å². The van der Waals surface area contributed by atoms with E-state index in [1.54, 1.807) is 12.1 Å². The lowest BCUT2D eigenvalue weighted by Crippen LogP contribution is -2.23. The number of amides is 1. The lowest BCUT2D eigenvalue weighted by atomic mass is 10.4. The van der Waals surface area contributed by atoms with Crippen LogP contribution >= 0.6 is 15.9 Å². The molecule has 14 heavy (non-hydrogen) atoms. The van der Waals surface area contributed by atoms with E-state index < -0.39 is 21.5 Å². The Morgan fingerprint density at radius 3 is 2.21 bits per heavy atom. The summed E-state index contributed by atoms with van der Waals surface area (Å²) in [6.07, 6.45) is 0. The summed E-state index contributed by atoms with van der Waals surface area (Å²) in [5.74, 6) is -1.51. The zero-order chi connectivity index (χ0) is 10.8. The van der Waals surface area contributed by atoms with E-state index >= 15 is 0 Å². The monoisotopic (exact) mass is 277 g/mol. The van der Waals surface area contributed by atoms with Crippen LogP contribution in [0, 0.1) is 0 Å². The quantitative estimate of drug-likeness (QED) is 0.884. The topological polar surface area (TPSA) is 77.2 Å². The molecule has 76 valence electrons. The average Bonchev–Trinajstić information content (AvgIpc) is 2.02. The van der Waals surface area contributed by atoms with Crippen molar-refractivity contribution in [2.75, 3.05) is 5.75 Å². The molecular formula is C8H8BrNO3S. The molecule has 0 saturated carbocycles. The summed E-state index contributed by atoms with van der Waals surface area (Å²) in [5.41, 5.74) is 4.82. The van der Waals surface area contributed by atoms with Crippen LogP contribution in [0.1, 0.15) is 0 Å². The van der Waals surface area contributed by atoms with Crippen LogP contribution in [0.3, 0.4) is 0 Å². The highest BCUT2D eigenvalue weighted by atomic mass is 79.9. The van der Waals surface area contributed by atoms with Gasteiger partial charge in [0.25, 0.3) is 0 Å². The van der Waals surface area contributed by atoms with E-state index in [1.165, 1.54) is 12.1 Å². The molecular weight excluding hydrogens is 270 g/mol. The van der Waals surface area contributed by atoms with E-state index in [0.29, 0.717) is 0 Å². The first-order valence-corrected chi connectivity index (χ1v) is 6.13. The van der Waals surface area contributed by atoms with Gasteiger partial charge in [0.15, 0.2) is 9.84 Å². The van der Waals surface area contributed by atoms with Crippen molar-refractivity contribution in [3.8, 4) is 0 Å². The Kier molecular flexibility index (Phi) is 3.28. The van der Waals surface area contributed by atoms with Crippen molar-refractivity contribution >= 4 is 31.7 Å². The Bertz CT molecular complexity index is 438. The summed E-state index contributed by atoms with van der Waals surface area (Å²) in [5, 5.41) is 0. The second-order valence-electron chi connectivity index (χ2n) is 2.68. The number of rotatable bonds is 3. The number of halogens is 1. The van der Waals surface area contributed by atoms with E-state index in [2.05, 4.69) is 15.9 Å². The van der Waals surface area contributed by atoms with Crippen LogP contribution in [-0.4, -0.2) is 20.1 Å². The lowest BCUT2D eigenvalue weighted by molar-refractivity contribution is -0.115. The van der Waals surface area contributed by atoms with E-state index in [4.69, 9.17) is 5.73 Å². The minimum atomic E-state index is -3.57. The molecule has 6 heteroatoms. The standard InChI is InChI=1S/C8H8BrNO3S/c9-6-1-3-7(4-2-6)14(12,13)5-8(10)11/h1-4H,5H2,(H2,10,11). The maximum atomic E-state index is 11.4. The highest BCUT2D eigenvalue weighted by Gasteiger charge is 2.16. The Morgan fingerprint density at radius 1 is 1.29 bits per heavy atom. The fourth-order valence-electron chi connectivity index (χ4n) is 0.913. The molecule has 4 nitrogen and oxygen atoms in total. The maximum Gasteiger partial charge on any atom is 0.233 e. The van der Waals surface area contributed by atoms with Crippen molar-refractivity contribution in [1.29, 1.82) is 0 Å². The van der Waals surface area contributed by atoms with Crippen molar-refractivity contribution in [3.63, 3.8) is 0 Å². The number of hydrogen-bond donors (Lipinski definition) is 1. The summed E-state index contributed by atoms with van der Waals surface area (Å²) in [4.78, 5) is 10.6. The van der Waals surface area contributed by atoms with Crippen molar-refractivity contribution < 1.29 is 13.2 Å². The second kappa shape index (κ2) is 4.10. The van der Waals surface area contributed by atoms with Crippen LogP contribution in [0.2, 0.25) is 0 Å². The highest BCUT2D eigenvalue weighted by molar-refractivity contribution is 9.10. The van der Waals surface area contributed by atoms with Crippen molar-refractivity contribution in [3.05, 3.63) is 28.7 Å². The first-order valence-electron chi connectivity index (χ1n) is 3.68. The van der Waals surface area contributed by atoms with Gasteiger partial charge in [-0.3, -0.25) is 4.79 Å². The number of primary amides is 1. The van der Waals surface area contributed by atoms with Crippen molar-refractivity contribution in [1.82, 2.24) is 0 Å². The maximum absolute atomic E-state index is 11.4. The highest BCUT2D eigenvalue weighted by Crippen LogP contribution is 2.15. The zero-order valence-corrected chi connectivity index (χ0v) is 9.51. The molecule has 1 aromatic carbocycles. The third-order valence-corrected chi connectivity index (χ3v) is 3.69. The minimum absolute atomic E-state index is 0.0968. The van der Waals surface area contributed by atoms with Gasteiger partial charge in [0.1, 0.15) is 5.75 Å². The summed E-state index contributed by atoms with van der Waals surface area (Å²) in [7, 11) is -3.57. The smallest absolute Gasteiger partial charge is 0.233 e. The Hall–Kier alpha value is -0.880. The summed E-state index contributed by atoms with van der Waals surface area (Å²) in [6, 6.07) is 6.02. The molecule has 0 unspecified atom stereocenters. The molecule has 0 aliphatic rings. The summed E-state index contributed by atoms with van der Waals surface area (Å²) in [6.45, 7) is 0. The molecule has 0 aromatic heterocycles. The van der Waals surface area contributed by atoms with Crippen LogP contribution < -0.4 is 5.73 Å². The van der Waals surface area contributed by atoms with E-state index in [1.807, 2.05) is 0 Å². The normalized spacial score (nSPS) is 11.2. The van der Waals surface area contributed by atoms with Crippen LogP contribution in [0.4, 0.5) is 0 Å². The number of carbonyl (C=O) groups excluding carboxylic acids is 1. The van der Waals surface area contributed by atoms with Gasteiger partial charge >= 0.3 is 0 Å². The third kappa shape index (κ3) is 2.81. The van der Waals surface area contributed by atoms with Gasteiger partial charge in [-0.2, -0.15) is 0 Å². The van der Waals surface area contributed by atoms with Crippen LogP contribution in [0.15, 0.2) is 33.6 Å². The number of nitrogens with two attached hydrogens (primary N) is 1. The van der Waals surface area contributed by atoms with Gasteiger partial charge in [-0.1, -0.05) is 15.9 Å². The summed E-state index contributed by atoms with van der Waals surface area (Å²) >= 11 is 3.18. The van der Waals surface area contributed by atoms with E-state index in [9.17, 15) is 13.2 Å². The van der Waals surface area contributed by atoms with Crippen molar-refractivity contribution in [2.24, 2.45) is 5.73 Å². The molecule has 1 aromatic rings. The first-order chi connectivity index (χ1) is 6.42. The van der Waals surface area contributed by atoms with E-state index in [0.717, 1.165) is 4.47 Å². The SMILES string of the molecule is NC(=O)CS(=O)(=O)c1ccc(Br)cc1. The van der Waals surface area contributed by atoms with Gasteiger partial charge in [-0.15, -0.1) is 0 Å². The van der Waals surface area contributed by atoms with Crippen LogP contribution in [-0.2, 0) is 14.6 Å². The Labute approximate surface area is 90.2 Å². The molecule has 0 radical (unpaired) electrons. The predicted octanol–water partition coefficient (Wildman–Crippen LogP) is 0.708. The molecule has 1 amide bonds. The molecule has 0 atom stereocenters. The van der Waals surface area contributed by atoms with Crippen LogP contribution in [0.5, 0.6) is 0 Å².